The second-order valence-electron chi connectivity index (χ2n) is 6.05. The molecule has 0 aromatic heterocycles. The summed E-state index contributed by atoms with van der Waals surface area (Å²) in [5.74, 6) is -0.319. The van der Waals surface area contributed by atoms with Gasteiger partial charge in [-0.2, -0.15) is 0 Å². The van der Waals surface area contributed by atoms with Crippen LogP contribution in [0.5, 0.6) is 0 Å². The molecule has 2 bridgehead atoms. The Morgan fingerprint density at radius 3 is 2.81 bits per heavy atom. The first-order valence-electron chi connectivity index (χ1n) is 7.55. The van der Waals surface area contributed by atoms with Gasteiger partial charge in [0.05, 0.1) is 18.4 Å². The molecule has 2 atom stereocenters. The molecule has 2 saturated heterocycles. The molecule has 2 fully saturated rings. The Hall–Kier alpha value is -1.75. The Balaban J connectivity index is 1.91. The highest BCUT2D eigenvalue weighted by Gasteiger charge is 2.35. The van der Waals surface area contributed by atoms with Crippen molar-refractivity contribution >= 4 is 17.3 Å². The van der Waals surface area contributed by atoms with Crippen LogP contribution < -0.4 is 10.6 Å². The number of methoxy groups -OCH3 is 1. The number of nitrogens with two attached hydrogens (primary N) is 1. The maximum absolute atomic E-state index is 12.0. The molecule has 2 heterocycles. The average Bonchev–Trinajstić information content (AvgIpc) is 2.72. The van der Waals surface area contributed by atoms with Crippen LogP contribution in [-0.4, -0.2) is 50.2 Å². The van der Waals surface area contributed by atoms with E-state index in [4.69, 9.17) is 10.5 Å². The number of hydrogen-bond donors (Lipinski definition) is 1. The fraction of sp³-hybridized carbons (Fsp3) is 0.562. The molecule has 0 amide bonds. The third kappa shape index (κ3) is 2.58. The molecule has 5 heteroatoms. The first kappa shape index (κ1) is 14.2. The number of rotatable bonds is 2. The summed E-state index contributed by atoms with van der Waals surface area (Å²) in [5, 5.41) is 0. The molecule has 0 aliphatic carbocycles. The summed E-state index contributed by atoms with van der Waals surface area (Å²) in [7, 11) is 3.63. The number of hydrogen-bond acceptors (Lipinski definition) is 5. The molecule has 5 nitrogen and oxygen atoms in total. The molecule has 3 rings (SSSR count). The van der Waals surface area contributed by atoms with E-state index in [-0.39, 0.29) is 5.97 Å². The van der Waals surface area contributed by atoms with Crippen molar-refractivity contribution in [3.05, 3.63) is 23.8 Å². The van der Waals surface area contributed by atoms with Crippen molar-refractivity contribution in [2.75, 3.05) is 37.9 Å². The topological polar surface area (TPSA) is 58.8 Å². The van der Waals surface area contributed by atoms with Crippen molar-refractivity contribution in [3.8, 4) is 0 Å². The Kier molecular flexibility index (Phi) is 3.76. The quantitative estimate of drug-likeness (QED) is 0.664. The van der Waals surface area contributed by atoms with Crippen molar-refractivity contribution in [3.63, 3.8) is 0 Å². The van der Waals surface area contributed by atoms with Crippen LogP contribution in [0.25, 0.3) is 0 Å². The summed E-state index contributed by atoms with van der Waals surface area (Å²) in [6.07, 6.45) is 3.67. The average molecular weight is 289 g/mol. The van der Waals surface area contributed by atoms with Crippen molar-refractivity contribution < 1.29 is 9.53 Å². The lowest BCUT2D eigenvalue weighted by Gasteiger charge is -2.29. The van der Waals surface area contributed by atoms with E-state index in [2.05, 4.69) is 16.8 Å². The molecule has 2 aliphatic heterocycles. The molecule has 2 N–H and O–H groups in total. The minimum absolute atomic E-state index is 0.319. The van der Waals surface area contributed by atoms with E-state index in [1.807, 2.05) is 12.1 Å². The monoisotopic (exact) mass is 289 g/mol. The predicted molar refractivity (Wildman–Crippen MR) is 83.6 cm³/mol. The van der Waals surface area contributed by atoms with Crippen molar-refractivity contribution in [1.29, 1.82) is 0 Å². The van der Waals surface area contributed by atoms with Crippen LogP contribution in [0, 0.1) is 0 Å². The third-order valence-corrected chi connectivity index (χ3v) is 4.92. The number of carbonyl (C=O) groups excluding carboxylic acids is 1. The minimum Gasteiger partial charge on any atom is -0.465 e. The highest BCUT2D eigenvalue weighted by molar-refractivity contribution is 5.97. The van der Waals surface area contributed by atoms with E-state index in [1.54, 1.807) is 6.07 Å². The highest BCUT2D eigenvalue weighted by atomic mass is 16.5. The number of esters is 1. The number of nitrogens with zero attached hydrogens (tertiary/aromatic N) is 2. The molecule has 21 heavy (non-hydrogen) atoms. The van der Waals surface area contributed by atoms with E-state index in [0.717, 1.165) is 25.2 Å². The maximum atomic E-state index is 12.0. The predicted octanol–water partition coefficient (Wildman–Crippen LogP) is 1.73. The molecular formula is C16H23N3O2. The van der Waals surface area contributed by atoms with Crippen molar-refractivity contribution in [2.24, 2.45) is 0 Å². The normalized spacial score (nSPS) is 25.7. The van der Waals surface area contributed by atoms with Gasteiger partial charge in [-0.3, -0.25) is 4.90 Å². The number of anilines is 2. The van der Waals surface area contributed by atoms with E-state index in [0.29, 0.717) is 23.3 Å². The fourth-order valence-corrected chi connectivity index (χ4v) is 3.63. The standard InChI is InChI=1S/C16H23N3O2/c1-18-12-4-5-13(18)10-19(8-7-12)15-6-3-11(17)9-14(15)16(20)21-2/h3,6,9,12-13H,4-5,7-8,10,17H2,1-2H3. The van der Waals surface area contributed by atoms with Crippen LogP contribution in [-0.2, 0) is 4.74 Å². The van der Waals surface area contributed by atoms with Crippen LogP contribution in [0.4, 0.5) is 11.4 Å². The fourth-order valence-electron chi connectivity index (χ4n) is 3.63. The molecule has 114 valence electrons. The van der Waals surface area contributed by atoms with Crippen LogP contribution in [0.15, 0.2) is 18.2 Å². The molecule has 0 radical (unpaired) electrons. The molecule has 0 saturated carbocycles. The lowest BCUT2D eigenvalue weighted by Crippen LogP contribution is -2.37. The first-order valence-corrected chi connectivity index (χ1v) is 7.55. The van der Waals surface area contributed by atoms with Gasteiger partial charge in [-0.05, 0) is 44.5 Å². The summed E-state index contributed by atoms with van der Waals surface area (Å²) < 4.78 is 4.91. The molecule has 2 aliphatic rings. The molecule has 1 aromatic rings. The summed E-state index contributed by atoms with van der Waals surface area (Å²) in [6.45, 7) is 1.93. The van der Waals surface area contributed by atoms with Crippen LogP contribution in [0.1, 0.15) is 29.6 Å². The summed E-state index contributed by atoms with van der Waals surface area (Å²) in [6, 6.07) is 6.76. The van der Waals surface area contributed by atoms with Crippen LogP contribution >= 0.6 is 0 Å². The van der Waals surface area contributed by atoms with Gasteiger partial charge in [0, 0.05) is 30.9 Å². The Morgan fingerprint density at radius 2 is 2.05 bits per heavy atom. The van der Waals surface area contributed by atoms with Gasteiger partial charge in [-0.25, -0.2) is 4.79 Å². The summed E-state index contributed by atoms with van der Waals surface area (Å²) in [5.41, 5.74) is 7.93. The molecule has 2 unspecified atom stereocenters. The zero-order valence-corrected chi connectivity index (χ0v) is 12.7. The van der Waals surface area contributed by atoms with Gasteiger partial charge in [0.15, 0.2) is 0 Å². The van der Waals surface area contributed by atoms with E-state index in [1.165, 1.54) is 20.0 Å². The number of benzene rings is 1. The van der Waals surface area contributed by atoms with E-state index >= 15 is 0 Å². The van der Waals surface area contributed by atoms with E-state index in [9.17, 15) is 4.79 Å². The summed E-state index contributed by atoms with van der Waals surface area (Å²) in [4.78, 5) is 16.8. The second kappa shape index (κ2) is 5.56. The van der Waals surface area contributed by atoms with Gasteiger partial charge >= 0.3 is 5.97 Å². The Morgan fingerprint density at radius 1 is 1.29 bits per heavy atom. The first-order chi connectivity index (χ1) is 10.1. The van der Waals surface area contributed by atoms with Crippen LogP contribution in [0.3, 0.4) is 0 Å². The van der Waals surface area contributed by atoms with Gasteiger partial charge in [0.2, 0.25) is 0 Å². The number of ether oxygens (including phenoxy) is 1. The number of likely N-dealkylation sites (N-methyl/N-ethyl adjacent to an activating group) is 1. The highest BCUT2D eigenvalue weighted by Crippen LogP contribution is 2.32. The van der Waals surface area contributed by atoms with Gasteiger partial charge in [0.25, 0.3) is 0 Å². The molecular weight excluding hydrogens is 266 g/mol. The maximum Gasteiger partial charge on any atom is 0.340 e. The minimum atomic E-state index is -0.319. The second-order valence-corrected chi connectivity index (χ2v) is 6.05. The lowest BCUT2D eigenvalue weighted by molar-refractivity contribution is 0.0601. The lowest BCUT2D eigenvalue weighted by atomic mass is 10.1. The zero-order valence-electron chi connectivity index (χ0n) is 12.7. The smallest absolute Gasteiger partial charge is 0.340 e. The molecule has 1 aromatic carbocycles. The van der Waals surface area contributed by atoms with Gasteiger partial charge < -0.3 is 15.4 Å². The Bertz CT molecular complexity index is 546. The SMILES string of the molecule is COC(=O)c1cc(N)ccc1N1CCC2CCC(C1)N2C. The summed E-state index contributed by atoms with van der Waals surface area (Å²) >= 11 is 0. The van der Waals surface area contributed by atoms with Gasteiger partial charge in [-0.1, -0.05) is 0 Å². The number of fused-ring (bicyclic) bond motifs is 2. The van der Waals surface area contributed by atoms with Gasteiger partial charge in [0.1, 0.15) is 0 Å². The number of nitrogen functional groups attached to an aromatic ring is 1. The largest absolute Gasteiger partial charge is 0.465 e. The zero-order chi connectivity index (χ0) is 15.0. The van der Waals surface area contributed by atoms with Crippen LogP contribution in [0.2, 0.25) is 0 Å². The van der Waals surface area contributed by atoms with Gasteiger partial charge in [-0.15, -0.1) is 0 Å². The van der Waals surface area contributed by atoms with Crippen molar-refractivity contribution in [2.45, 2.75) is 31.3 Å². The molecule has 0 spiro atoms. The Labute approximate surface area is 125 Å². The van der Waals surface area contributed by atoms with Crippen molar-refractivity contribution in [1.82, 2.24) is 4.90 Å². The number of carbonyl (C=O) groups is 1. The van der Waals surface area contributed by atoms with E-state index < -0.39 is 0 Å². The third-order valence-electron chi connectivity index (χ3n) is 4.92.